The maximum Gasteiger partial charge on any atom is 0.269 e. The van der Waals surface area contributed by atoms with Gasteiger partial charge in [-0.15, -0.1) is 0 Å². The van der Waals surface area contributed by atoms with Gasteiger partial charge >= 0.3 is 0 Å². The lowest BCUT2D eigenvalue weighted by Gasteiger charge is -2.28. The van der Waals surface area contributed by atoms with Crippen LogP contribution in [0, 0.1) is 10.1 Å². The lowest BCUT2D eigenvalue weighted by atomic mass is 10.2. The molecule has 2 aromatic carbocycles. The molecule has 2 heterocycles. The Morgan fingerprint density at radius 1 is 1.27 bits per heavy atom. The van der Waals surface area contributed by atoms with Crippen LogP contribution in [-0.2, 0) is 9.53 Å². The molecule has 0 aliphatic carbocycles. The first kappa shape index (κ1) is 22.8. The molecule has 10 heteroatoms. The smallest absolute Gasteiger partial charge is 0.269 e. The number of anilines is 1. The van der Waals surface area contributed by atoms with Crippen LogP contribution in [0.15, 0.2) is 48.5 Å². The van der Waals surface area contributed by atoms with Crippen molar-refractivity contribution in [3.63, 3.8) is 0 Å². The van der Waals surface area contributed by atoms with E-state index >= 15 is 0 Å². The molecule has 0 unspecified atom stereocenters. The lowest BCUT2D eigenvalue weighted by molar-refractivity contribution is -0.384. The molecule has 9 nitrogen and oxygen atoms in total. The summed E-state index contributed by atoms with van der Waals surface area (Å²) in [6, 6.07) is 11.7. The number of benzene rings is 2. The number of nitrogens with zero attached hydrogens (tertiary/aromatic N) is 4. The fourth-order valence-electron chi connectivity index (χ4n) is 3.47. The average molecular weight is 469 g/mol. The van der Waals surface area contributed by atoms with E-state index in [0.29, 0.717) is 37.0 Å². The number of fused-ring (bicyclic) bond motifs is 1. The third-order valence-corrected chi connectivity index (χ3v) is 6.39. The second-order valence-corrected chi connectivity index (χ2v) is 8.47. The van der Waals surface area contributed by atoms with Crippen molar-refractivity contribution in [2.45, 2.75) is 0 Å². The fourth-order valence-corrected chi connectivity index (χ4v) is 4.49. The van der Waals surface area contributed by atoms with Gasteiger partial charge in [-0.1, -0.05) is 11.3 Å². The molecule has 1 saturated heterocycles. The molecule has 33 heavy (non-hydrogen) atoms. The third kappa shape index (κ3) is 5.72. The summed E-state index contributed by atoms with van der Waals surface area (Å²) in [5.74, 6) is 0.537. The number of aromatic nitrogens is 1. The zero-order valence-electron chi connectivity index (χ0n) is 18.2. The number of ether oxygens (including phenoxy) is 2. The van der Waals surface area contributed by atoms with Crippen molar-refractivity contribution in [3.8, 4) is 5.75 Å². The Labute approximate surface area is 195 Å². The van der Waals surface area contributed by atoms with E-state index in [4.69, 9.17) is 9.47 Å². The number of methoxy groups -OCH3 is 1. The van der Waals surface area contributed by atoms with Gasteiger partial charge in [0.05, 0.1) is 35.5 Å². The van der Waals surface area contributed by atoms with Gasteiger partial charge in [-0.3, -0.25) is 24.7 Å². The van der Waals surface area contributed by atoms with E-state index in [1.165, 1.54) is 29.5 Å². The Balaban J connectivity index is 1.55. The predicted molar refractivity (Wildman–Crippen MR) is 128 cm³/mol. The number of carbonyl (C=O) groups excluding carboxylic acids is 1. The third-order valence-electron chi connectivity index (χ3n) is 5.35. The van der Waals surface area contributed by atoms with Crippen molar-refractivity contribution >= 4 is 44.4 Å². The average Bonchev–Trinajstić information content (AvgIpc) is 3.26. The van der Waals surface area contributed by atoms with E-state index in [1.807, 2.05) is 18.2 Å². The van der Waals surface area contributed by atoms with Crippen molar-refractivity contribution in [1.82, 2.24) is 9.88 Å². The number of thiazole rings is 1. The first-order valence-corrected chi connectivity index (χ1v) is 11.3. The molecule has 1 fully saturated rings. The number of hydrogen-bond donors (Lipinski definition) is 0. The highest BCUT2D eigenvalue weighted by Crippen LogP contribution is 2.31. The number of morpholine rings is 1. The Morgan fingerprint density at radius 3 is 2.73 bits per heavy atom. The Hall–Kier alpha value is -3.34. The summed E-state index contributed by atoms with van der Waals surface area (Å²) >= 11 is 1.44. The minimum atomic E-state index is -0.450. The van der Waals surface area contributed by atoms with Gasteiger partial charge in [0.2, 0.25) is 0 Å². The van der Waals surface area contributed by atoms with Crippen LogP contribution in [0.4, 0.5) is 10.8 Å². The normalized spacial score (nSPS) is 14.6. The van der Waals surface area contributed by atoms with E-state index in [-0.39, 0.29) is 11.6 Å². The molecule has 1 aliphatic heterocycles. The van der Waals surface area contributed by atoms with Gasteiger partial charge in [0.15, 0.2) is 5.13 Å². The molecular formula is C23H24N4O5S. The molecule has 0 bridgehead atoms. The quantitative estimate of drug-likeness (QED) is 0.283. The van der Waals surface area contributed by atoms with Crippen LogP contribution in [0.1, 0.15) is 5.56 Å². The number of rotatable bonds is 8. The molecule has 4 rings (SSSR count). The Bertz CT molecular complexity index is 1160. The van der Waals surface area contributed by atoms with E-state index in [0.717, 1.165) is 29.1 Å². The number of nitro groups is 1. The van der Waals surface area contributed by atoms with Crippen LogP contribution < -0.4 is 9.64 Å². The minimum Gasteiger partial charge on any atom is -0.497 e. The SMILES string of the molecule is COc1ccc2nc(N(CCN3CCOCC3)C(=O)/C=C/c3ccc([N+](=O)[O-])cc3)sc2c1. The van der Waals surface area contributed by atoms with Crippen molar-refractivity contribution in [2.24, 2.45) is 0 Å². The molecule has 1 aliphatic rings. The second-order valence-electron chi connectivity index (χ2n) is 7.46. The maximum absolute atomic E-state index is 13.2. The van der Waals surface area contributed by atoms with Crippen LogP contribution in [0.2, 0.25) is 0 Å². The maximum atomic E-state index is 13.2. The van der Waals surface area contributed by atoms with E-state index < -0.39 is 4.92 Å². The summed E-state index contributed by atoms with van der Waals surface area (Å²) in [4.78, 5) is 32.2. The molecule has 0 atom stereocenters. The van der Waals surface area contributed by atoms with Crippen LogP contribution in [0.25, 0.3) is 16.3 Å². The van der Waals surface area contributed by atoms with E-state index in [2.05, 4.69) is 9.88 Å². The van der Waals surface area contributed by atoms with Gasteiger partial charge < -0.3 is 9.47 Å². The molecule has 0 N–H and O–H groups in total. The van der Waals surface area contributed by atoms with Crippen molar-refractivity contribution in [2.75, 3.05) is 51.4 Å². The minimum absolute atomic E-state index is 0.00974. The van der Waals surface area contributed by atoms with Crippen molar-refractivity contribution < 1.29 is 19.2 Å². The van der Waals surface area contributed by atoms with Crippen molar-refractivity contribution in [3.05, 3.63) is 64.2 Å². The molecule has 0 radical (unpaired) electrons. The lowest BCUT2D eigenvalue weighted by Crippen LogP contribution is -2.42. The van der Waals surface area contributed by atoms with Gasteiger partial charge in [0.25, 0.3) is 11.6 Å². The number of nitro benzene ring substituents is 1. The van der Waals surface area contributed by atoms with Gasteiger partial charge in [0.1, 0.15) is 5.75 Å². The Kier molecular flexibility index (Phi) is 7.28. The highest BCUT2D eigenvalue weighted by molar-refractivity contribution is 7.22. The fraction of sp³-hybridized carbons (Fsp3) is 0.304. The van der Waals surface area contributed by atoms with Crippen LogP contribution in [-0.4, -0.2) is 67.2 Å². The zero-order valence-corrected chi connectivity index (χ0v) is 19.0. The van der Waals surface area contributed by atoms with Crippen LogP contribution in [0.3, 0.4) is 0 Å². The topological polar surface area (TPSA) is 98.0 Å². The molecule has 3 aromatic rings. The zero-order chi connectivity index (χ0) is 23.2. The predicted octanol–water partition coefficient (Wildman–Crippen LogP) is 3.59. The van der Waals surface area contributed by atoms with Gasteiger partial charge in [-0.2, -0.15) is 0 Å². The molecule has 172 valence electrons. The summed E-state index contributed by atoms with van der Waals surface area (Å²) in [5.41, 5.74) is 1.52. The summed E-state index contributed by atoms with van der Waals surface area (Å²) in [5, 5.41) is 11.5. The summed E-state index contributed by atoms with van der Waals surface area (Å²) in [6.45, 7) is 4.24. The number of carbonyl (C=O) groups is 1. The van der Waals surface area contributed by atoms with Crippen LogP contribution in [0.5, 0.6) is 5.75 Å². The summed E-state index contributed by atoms with van der Waals surface area (Å²) in [6.07, 6.45) is 3.14. The molecule has 0 spiro atoms. The standard InChI is InChI=1S/C23H24N4O5S/c1-31-19-7-8-20-21(16-19)33-23(24-20)26(11-10-25-12-14-32-15-13-25)22(28)9-4-17-2-5-18(6-3-17)27(29)30/h2-9,16H,10-15H2,1H3/b9-4+. The summed E-state index contributed by atoms with van der Waals surface area (Å²) < 4.78 is 11.7. The number of hydrogen-bond acceptors (Lipinski definition) is 8. The van der Waals surface area contributed by atoms with Crippen LogP contribution >= 0.6 is 11.3 Å². The van der Waals surface area contributed by atoms with Gasteiger partial charge in [0, 0.05) is 44.4 Å². The first-order chi connectivity index (χ1) is 16.0. The highest BCUT2D eigenvalue weighted by Gasteiger charge is 2.20. The Morgan fingerprint density at radius 2 is 2.03 bits per heavy atom. The van der Waals surface area contributed by atoms with E-state index in [9.17, 15) is 14.9 Å². The van der Waals surface area contributed by atoms with E-state index in [1.54, 1.807) is 30.2 Å². The van der Waals surface area contributed by atoms with Crippen molar-refractivity contribution in [1.29, 1.82) is 0 Å². The monoisotopic (exact) mass is 468 g/mol. The molecular weight excluding hydrogens is 444 g/mol. The number of non-ortho nitro benzene ring substituents is 1. The highest BCUT2D eigenvalue weighted by atomic mass is 32.1. The molecule has 1 aromatic heterocycles. The molecule has 0 saturated carbocycles. The van der Waals surface area contributed by atoms with Gasteiger partial charge in [-0.05, 0) is 42.0 Å². The first-order valence-electron chi connectivity index (χ1n) is 10.5. The van der Waals surface area contributed by atoms with Gasteiger partial charge in [-0.25, -0.2) is 4.98 Å². The number of amides is 1. The molecule has 1 amide bonds. The largest absolute Gasteiger partial charge is 0.497 e. The second kappa shape index (κ2) is 10.5. The summed E-state index contributed by atoms with van der Waals surface area (Å²) in [7, 11) is 1.62.